The number of carbonyl (C=O) groups excluding carboxylic acids is 1. The van der Waals surface area contributed by atoms with Crippen LogP contribution in [0.4, 0.5) is 0 Å². The average Bonchev–Trinajstić information content (AvgIpc) is 2.90. The SMILES string of the molecule is COc1ccccc1CNC(=O)CCn1c(=O)c2ccccc2n(Cc2ccccc2C#N)c1=O. The highest BCUT2D eigenvalue weighted by atomic mass is 16.5. The molecule has 0 radical (unpaired) electrons. The van der Waals surface area contributed by atoms with E-state index in [1.54, 1.807) is 55.6 Å². The van der Waals surface area contributed by atoms with Crippen LogP contribution in [0.15, 0.2) is 82.4 Å². The summed E-state index contributed by atoms with van der Waals surface area (Å²) in [4.78, 5) is 39.0. The third kappa shape index (κ3) is 4.99. The zero-order valence-electron chi connectivity index (χ0n) is 19.2. The second kappa shape index (κ2) is 10.5. The Kier molecular flexibility index (Phi) is 7.07. The van der Waals surface area contributed by atoms with Crippen molar-refractivity contribution in [1.29, 1.82) is 5.26 Å². The van der Waals surface area contributed by atoms with Gasteiger partial charge in [-0.25, -0.2) is 4.79 Å². The van der Waals surface area contributed by atoms with Gasteiger partial charge in [-0.2, -0.15) is 5.26 Å². The molecule has 176 valence electrons. The van der Waals surface area contributed by atoms with E-state index >= 15 is 0 Å². The summed E-state index contributed by atoms with van der Waals surface area (Å²) in [7, 11) is 1.56. The average molecular weight is 469 g/mol. The molecule has 4 aromatic rings. The van der Waals surface area contributed by atoms with Gasteiger partial charge in [0.05, 0.1) is 36.2 Å². The predicted octanol–water partition coefficient (Wildman–Crippen LogP) is 2.80. The standard InChI is InChI=1S/C27H24N4O4/c1-35-24-13-7-4-9-20(24)17-29-25(32)14-15-30-26(33)22-11-5-6-12-23(22)31(27(30)34)18-21-10-3-2-8-19(21)16-28/h2-13H,14-15,17-18H2,1H3,(H,29,32). The van der Waals surface area contributed by atoms with Crippen LogP contribution < -0.4 is 21.3 Å². The number of nitriles is 1. The molecule has 35 heavy (non-hydrogen) atoms. The monoisotopic (exact) mass is 468 g/mol. The highest BCUT2D eigenvalue weighted by molar-refractivity contribution is 5.78. The Labute approximate surface area is 201 Å². The highest BCUT2D eigenvalue weighted by Gasteiger charge is 2.15. The Balaban J connectivity index is 1.61. The fraction of sp³-hybridized carbons (Fsp3) is 0.185. The van der Waals surface area contributed by atoms with E-state index in [0.29, 0.717) is 27.8 Å². The molecule has 3 aromatic carbocycles. The van der Waals surface area contributed by atoms with Crippen LogP contribution in [0.3, 0.4) is 0 Å². The van der Waals surface area contributed by atoms with Gasteiger partial charge < -0.3 is 10.1 Å². The Morgan fingerprint density at radius 2 is 1.63 bits per heavy atom. The Morgan fingerprint density at radius 3 is 2.40 bits per heavy atom. The van der Waals surface area contributed by atoms with Gasteiger partial charge in [0.2, 0.25) is 5.91 Å². The molecular weight excluding hydrogens is 444 g/mol. The molecule has 1 amide bonds. The van der Waals surface area contributed by atoms with Gasteiger partial charge >= 0.3 is 5.69 Å². The summed E-state index contributed by atoms with van der Waals surface area (Å²) in [5.41, 5.74) is 1.45. The number of rotatable bonds is 8. The maximum Gasteiger partial charge on any atom is 0.331 e. The molecule has 0 aliphatic carbocycles. The van der Waals surface area contributed by atoms with Gasteiger partial charge in [0.1, 0.15) is 5.75 Å². The largest absolute Gasteiger partial charge is 0.496 e. The van der Waals surface area contributed by atoms with Gasteiger partial charge in [-0.1, -0.05) is 48.5 Å². The summed E-state index contributed by atoms with van der Waals surface area (Å²) in [6.45, 7) is 0.328. The summed E-state index contributed by atoms with van der Waals surface area (Å²) >= 11 is 0. The first-order valence-electron chi connectivity index (χ1n) is 11.1. The van der Waals surface area contributed by atoms with Crippen LogP contribution in [0.5, 0.6) is 5.75 Å². The number of hydrogen-bond acceptors (Lipinski definition) is 5. The third-order valence-corrected chi connectivity index (χ3v) is 5.83. The molecule has 4 rings (SSSR count). The molecule has 1 aromatic heterocycles. The molecule has 0 bridgehead atoms. The van der Waals surface area contributed by atoms with Crippen LogP contribution in [0.2, 0.25) is 0 Å². The van der Waals surface area contributed by atoms with Gasteiger partial charge in [0.15, 0.2) is 0 Å². The summed E-state index contributed by atoms with van der Waals surface area (Å²) < 4.78 is 7.85. The smallest absolute Gasteiger partial charge is 0.331 e. The zero-order chi connectivity index (χ0) is 24.8. The second-order valence-corrected chi connectivity index (χ2v) is 7.95. The van der Waals surface area contributed by atoms with Crippen molar-refractivity contribution in [1.82, 2.24) is 14.5 Å². The number of nitrogens with one attached hydrogen (secondary N) is 1. The number of aromatic nitrogens is 2. The number of nitrogens with zero attached hydrogens (tertiary/aromatic N) is 3. The number of amides is 1. The molecule has 1 heterocycles. The molecule has 0 aliphatic heterocycles. The third-order valence-electron chi connectivity index (χ3n) is 5.83. The molecule has 0 atom stereocenters. The quantitative estimate of drug-likeness (QED) is 0.428. The number of carbonyl (C=O) groups is 1. The molecule has 0 aliphatic rings. The van der Waals surface area contributed by atoms with E-state index in [2.05, 4.69) is 11.4 Å². The van der Waals surface area contributed by atoms with Crippen molar-refractivity contribution in [2.45, 2.75) is 26.1 Å². The first-order valence-corrected chi connectivity index (χ1v) is 11.1. The number of fused-ring (bicyclic) bond motifs is 1. The lowest BCUT2D eigenvalue weighted by Gasteiger charge is -2.15. The van der Waals surface area contributed by atoms with Crippen molar-refractivity contribution < 1.29 is 9.53 Å². The lowest BCUT2D eigenvalue weighted by atomic mass is 10.1. The van der Waals surface area contributed by atoms with E-state index in [-0.39, 0.29) is 32.0 Å². The van der Waals surface area contributed by atoms with Crippen molar-refractivity contribution in [2.75, 3.05) is 7.11 Å². The Bertz CT molecular complexity index is 1550. The van der Waals surface area contributed by atoms with E-state index in [4.69, 9.17) is 4.74 Å². The van der Waals surface area contributed by atoms with E-state index in [9.17, 15) is 19.6 Å². The molecule has 0 spiro atoms. The second-order valence-electron chi connectivity index (χ2n) is 7.95. The van der Waals surface area contributed by atoms with Crippen molar-refractivity contribution in [3.05, 3.63) is 110 Å². The van der Waals surface area contributed by atoms with E-state index in [0.717, 1.165) is 10.1 Å². The first-order chi connectivity index (χ1) is 17.0. The summed E-state index contributed by atoms with van der Waals surface area (Å²) in [5, 5.41) is 12.6. The molecule has 0 unspecified atom stereocenters. The number of para-hydroxylation sites is 2. The lowest BCUT2D eigenvalue weighted by Crippen LogP contribution is -2.41. The Hall–Kier alpha value is -4.64. The van der Waals surface area contributed by atoms with Crippen molar-refractivity contribution >= 4 is 16.8 Å². The van der Waals surface area contributed by atoms with E-state index < -0.39 is 11.2 Å². The maximum atomic E-state index is 13.4. The fourth-order valence-corrected chi connectivity index (χ4v) is 4.00. The van der Waals surface area contributed by atoms with Gasteiger partial charge in [-0.3, -0.25) is 18.7 Å². The van der Waals surface area contributed by atoms with Gasteiger partial charge in [0, 0.05) is 25.1 Å². The number of ether oxygens (including phenoxy) is 1. The number of benzene rings is 3. The molecule has 8 nitrogen and oxygen atoms in total. The van der Waals surface area contributed by atoms with Crippen LogP contribution in [-0.4, -0.2) is 22.2 Å². The van der Waals surface area contributed by atoms with Crippen LogP contribution in [0.25, 0.3) is 10.9 Å². The number of hydrogen-bond donors (Lipinski definition) is 1. The van der Waals surface area contributed by atoms with Crippen LogP contribution in [0.1, 0.15) is 23.1 Å². The normalized spacial score (nSPS) is 10.6. The van der Waals surface area contributed by atoms with Crippen molar-refractivity contribution in [3.8, 4) is 11.8 Å². The van der Waals surface area contributed by atoms with Gasteiger partial charge in [-0.05, 0) is 29.8 Å². The minimum Gasteiger partial charge on any atom is -0.496 e. The zero-order valence-corrected chi connectivity index (χ0v) is 19.2. The van der Waals surface area contributed by atoms with Crippen molar-refractivity contribution in [3.63, 3.8) is 0 Å². The van der Waals surface area contributed by atoms with Gasteiger partial charge in [0.25, 0.3) is 5.56 Å². The molecule has 0 saturated heterocycles. The van der Waals surface area contributed by atoms with Crippen LogP contribution in [0, 0.1) is 11.3 Å². The Morgan fingerprint density at radius 1 is 0.943 bits per heavy atom. The molecule has 1 N–H and O–H groups in total. The minimum absolute atomic E-state index is 0.0442. The van der Waals surface area contributed by atoms with Crippen LogP contribution in [-0.2, 0) is 24.4 Å². The number of methoxy groups -OCH3 is 1. The van der Waals surface area contributed by atoms with Crippen molar-refractivity contribution in [2.24, 2.45) is 0 Å². The lowest BCUT2D eigenvalue weighted by molar-refractivity contribution is -0.121. The maximum absolute atomic E-state index is 13.4. The molecule has 0 saturated carbocycles. The molecule has 0 fully saturated rings. The summed E-state index contributed by atoms with van der Waals surface area (Å²) in [6.07, 6.45) is -0.0442. The summed E-state index contributed by atoms with van der Waals surface area (Å²) in [6, 6.07) is 23.4. The molecule has 8 heteroatoms. The molecular formula is C27H24N4O4. The van der Waals surface area contributed by atoms with E-state index in [1.165, 1.54) is 4.57 Å². The summed E-state index contributed by atoms with van der Waals surface area (Å²) in [5.74, 6) is 0.371. The highest BCUT2D eigenvalue weighted by Crippen LogP contribution is 2.17. The van der Waals surface area contributed by atoms with E-state index in [1.807, 2.05) is 24.3 Å². The predicted molar refractivity (Wildman–Crippen MR) is 132 cm³/mol. The first kappa shape index (κ1) is 23.5. The van der Waals surface area contributed by atoms with Crippen LogP contribution >= 0.6 is 0 Å². The van der Waals surface area contributed by atoms with Gasteiger partial charge in [-0.15, -0.1) is 0 Å². The topological polar surface area (TPSA) is 106 Å². The minimum atomic E-state index is -0.529. The fourth-order valence-electron chi connectivity index (χ4n) is 4.00.